The fourth-order valence-corrected chi connectivity index (χ4v) is 9.16. The van der Waals surface area contributed by atoms with E-state index < -0.39 is 93.3 Å². The van der Waals surface area contributed by atoms with Gasteiger partial charge < -0.3 is 48.5 Å². The van der Waals surface area contributed by atoms with Crippen molar-refractivity contribution in [2.75, 3.05) is 32.1 Å². The molecule has 4 aliphatic heterocycles. The number of carbonyl (C=O) groups excluding carboxylic acids is 2. The van der Waals surface area contributed by atoms with Crippen LogP contribution >= 0.6 is 18.5 Å². The van der Waals surface area contributed by atoms with Crippen LogP contribution in [0.4, 0.5) is 9.18 Å². The van der Waals surface area contributed by atoms with Crippen LogP contribution in [-0.4, -0.2) is 130 Å². The minimum atomic E-state index is -4.27. The Bertz CT molecular complexity index is 2170. The molecule has 4 N–H and O–H groups in total. The number of cyclic esters (lactones) is 1. The second-order valence-electron chi connectivity index (χ2n) is 12.5. The Morgan fingerprint density at radius 2 is 1.91 bits per heavy atom. The first-order chi connectivity index (χ1) is 25.5. The number of aryl methyl sites for hydroxylation is 1. The lowest BCUT2D eigenvalue weighted by molar-refractivity contribution is -0.123. The number of nitrogens with zero attached hydrogens (tertiary/aromatic N) is 7. The number of nitrogens with one attached hydrogen (secondary N) is 1. The third-order valence-electron chi connectivity index (χ3n) is 9.23. The van der Waals surface area contributed by atoms with E-state index in [4.69, 9.17) is 44.9 Å². The number of hydrogen-bond acceptors (Lipinski definition) is 17. The summed E-state index contributed by atoms with van der Waals surface area (Å²) in [5, 5.41) is 24.1. The average molecular weight is 799 g/mol. The highest BCUT2D eigenvalue weighted by Crippen LogP contribution is 2.51. The summed E-state index contributed by atoms with van der Waals surface area (Å²) in [6.07, 6.45) is -5.90. The lowest BCUT2D eigenvalue weighted by Gasteiger charge is -2.25. The minimum Gasteiger partial charge on any atom is -0.431 e. The number of ether oxygens (including phenoxy) is 4. The van der Waals surface area contributed by atoms with Gasteiger partial charge in [0.05, 0.1) is 18.3 Å². The van der Waals surface area contributed by atoms with Crippen molar-refractivity contribution in [3.8, 4) is 0 Å². The van der Waals surface area contributed by atoms with Crippen molar-refractivity contribution in [3.05, 3.63) is 41.1 Å². The molecule has 3 fully saturated rings. The Morgan fingerprint density at radius 1 is 1.08 bits per heavy atom. The zero-order valence-corrected chi connectivity index (χ0v) is 29.9. The third kappa shape index (κ3) is 6.83. The Hall–Kier alpha value is -3.64. The van der Waals surface area contributed by atoms with E-state index >= 15 is 4.39 Å². The molecule has 0 radical (unpaired) electrons. The Morgan fingerprint density at radius 3 is 2.74 bits per heavy atom. The largest absolute Gasteiger partial charge is 0.508 e. The number of carbonyl (C=O) groups is 2. The lowest BCUT2D eigenvalue weighted by Crippen LogP contribution is -2.38. The smallest absolute Gasteiger partial charge is 0.431 e. The third-order valence-corrected chi connectivity index (χ3v) is 11.9. The van der Waals surface area contributed by atoms with E-state index in [1.807, 2.05) is 0 Å². The number of alkyl halides is 1. The van der Waals surface area contributed by atoms with Crippen molar-refractivity contribution >= 4 is 64.5 Å². The molecule has 284 valence electrons. The number of aliphatic hydroxyl groups is 2. The molecule has 4 aromatic heterocycles. The first-order valence-electron chi connectivity index (χ1n) is 16.4. The number of fused-ring (bicyclic) bond motifs is 4. The van der Waals surface area contributed by atoms with Gasteiger partial charge in [-0.1, -0.05) is 0 Å². The van der Waals surface area contributed by atoms with Gasteiger partial charge in [0.15, 0.2) is 35.9 Å². The van der Waals surface area contributed by atoms with Gasteiger partial charge >= 0.3 is 12.9 Å². The molecule has 3 saturated heterocycles. The molecule has 9 atom stereocenters. The molecule has 53 heavy (non-hydrogen) atoms. The van der Waals surface area contributed by atoms with Gasteiger partial charge in [-0.3, -0.25) is 23.2 Å². The predicted molar refractivity (Wildman–Crippen MR) is 181 cm³/mol. The van der Waals surface area contributed by atoms with Crippen molar-refractivity contribution in [2.45, 2.75) is 73.6 Å². The van der Waals surface area contributed by atoms with Crippen LogP contribution in [0.3, 0.4) is 0 Å². The van der Waals surface area contributed by atoms with Gasteiger partial charge in [-0.25, -0.2) is 29.1 Å². The van der Waals surface area contributed by atoms with Crippen LogP contribution in [-0.2, 0) is 57.6 Å². The molecule has 0 spiro atoms. The van der Waals surface area contributed by atoms with E-state index in [2.05, 4.69) is 25.3 Å². The molecule has 1 amide bonds. The number of aliphatic hydroxyl groups excluding tert-OH is 2. The van der Waals surface area contributed by atoms with Gasteiger partial charge in [0.2, 0.25) is 5.91 Å². The van der Waals surface area contributed by atoms with E-state index in [-0.39, 0.29) is 24.3 Å². The average Bonchev–Trinajstić information content (AvgIpc) is 3.85. The topological polar surface area (TPSA) is 246 Å². The molecule has 20 nitrogen and oxygen atoms in total. The summed E-state index contributed by atoms with van der Waals surface area (Å²) in [6, 6.07) is 0. The Kier molecular flexibility index (Phi) is 9.97. The fourth-order valence-electron chi connectivity index (χ4n) is 6.75. The van der Waals surface area contributed by atoms with Gasteiger partial charge in [0.25, 0.3) is 5.56 Å². The summed E-state index contributed by atoms with van der Waals surface area (Å²) >= 11 is 6.83. The number of amides is 1. The number of imidazole rings is 1. The summed E-state index contributed by atoms with van der Waals surface area (Å²) in [6.45, 7) is -6.09. The molecule has 8 rings (SSSR count). The highest BCUT2D eigenvalue weighted by molar-refractivity contribution is 8.07. The number of rotatable bonds is 6. The maximum atomic E-state index is 16.4. The number of halogens is 1. The van der Waals surface area contributed by atoms with Crippen molar-refractivity contribution in [1.29, 1.82) is 0 Å². The molecular weight excluding hydrogens is 766 g/mol. The monoisotopic (exact) mass is 798 g/mol. The predicted octanol–water partition coefficient (Wildman–Crippen LogP) is -0.167. The first kappa shape index (κ1) is 36.3. The van der Waals surface area contributed by atoms with Crippen LogP contribution in [0.15, 0.2) is 35.0 Å². The molecule has 0 aromatic carbocycles. The summed E-state index contributed by atoms with van der Waals surface area (Å²) in [4.78, 5) is 66.0. The molecule has 1 unspecified atom stereocenters. The summed E-state index contributed by atoms with van der Waals surface area (Å²) in [5.41, 5.74) is 0.704. The summed E-state index contributed by atoms with van der Waals surface area (Å²) in [7, 11) is 0. The van der Waals surface area contributed by atoms with Crippen molar-refractivity contribution in [2.24, 2.45) is 0 Å². The molecule has 4 aromatic rings. The molecule has 24 heteroatoms. The molecule has 4 aliphatic rings. The number of thioether (sulfide) groups is 1. The second-order valence-corrected chi connectivity index (χ2v) is 16.4. The zero-order chi connectivity index (χ0) is 37.0. The van der Waals surface area contributed by atoms with Crippen LogP contribution < -0.4 is 10.9 Å². The molecule has 0 aliphatic carbocycles. The van der Waals surface area contributed by atoms with Crippen molar-refractivity contribution in [3.63, 3.8) is 0 Å². The van der Waals surface area contributed by atoms with E-state index in [0.717, 1.165) is 34.6 Å². The van der Waals surface area contributed by atoms with Crippen LogP contribution in [0.1, 0.15) is 24.4 Å². The standard InChI is InChI=1S/C29H32FN8O12PS2/c30-18-21-15(48-27(18)37-6-13-2-1-5-53-25-17(13)23(37)32-10-33-25)8-45-29(43)49-22-20(41)14(9-46-51(44,52)50-21)47-28(22)38-12-34-19-24(38)35-11-36(26(19)42)4-3-31-16(40)7-39/h6,10-12,14-15,18,20-22,27-28,39,41H,1-5,7-9H2,(H,31,40)(H,44,52)/t14-,15-,18-,20-,21-,22-,27-,28-,51?/m1/s1. The quantitative estimate of drug-likeness (QED) is 0.112. The lowest BCUT2D eigenvalue weighted by atomic mass is 10.1. The van der Waals surface area contributed by atoms with Gasteiger partial charge in [0, 0.05) is 19.3 Å². The van der Waals surface area contributed by atoms with E-state index in [1.165, 1.54) is 32.7 Å². The number of aromatic nitrogens is 7. The van der Waals surface area contributed by atoms with Crippen molar-refractivity contribution < 1.29 is 57.1 Å². The molecule has 8 heterocycles. The van der Waals surface area contributed by atoms with Crippen molar-refractivity contribution in [1.82, 2.24) is 39.0 Å². The van der Waals surface area contributed by atoms with Crippen LogP contribution in [0.25, 0.3) is 22.2 Å². The second kappa shape index (κ2) is 14.5. The Balaban J connectivity index is 1.04. The van der Waals surface area contributed by atoms with E-state index in [9.17, 15) is 24.4 Å². The normalized spacial score (nSPS) is 31.9. The highest BCUT2D eigenvalue weighted by atomic mass is 32.5. The van der Waals surface area contributed by atoms with Gasteiger partial charge in [0.1, 0.15) is 61.0 Å². The fraction of sp³-hybridized carbons (Fsp3) is 0.552. The maximum Gasteiger partial charge on any atom is 0.508 e. The first-order valence-corrected chi connectivity index (χ1v) is 20.0. The van der Waals surface area contributed by atoms with E-state index in [1.54, 1.807) is 18.0 Å². The SMILES string of the molecule is O=C(CO)NCCn1cnc2c(ncn2[C@@H]2O[C@@H]3COP(O)(=S)O[C@H]4[C@@H](F)[C@H](n5cc6c7c(ncnc75)SCCC6)O[C@@H]4COC(=O)O[C@@H]2[C@@H]3O)c1=O. The molecule has 0 saturated carbocycles. The highest BCUT2D eigenvalue weighted by Gasteiger charge is 2.53. The zero-order valence-electron chi connectivity index (χ0n) is 27.4. The number of hydrogen-bond donors (Lipinski definition) is 4. The molecular formula is C29H32FN8O12PS2. The van der Waals surface area contributed by atoms with Gasteiger partial charge in [-0.05, 0) is 36.0 Å². The van der Waals surface area contributed by atoms with Gasteiger partial charge in [-0.2, -0.15) is 0 Å². The van der Waals surface area contributed by atoms with Gasteiger partial charge in [-0.15, -0.1) is 11.8 Å². The van der Waals surface area contributed by atoms with Crippen LogP contribution in [0.5, 0.6) is 0 Å². The summed E-state index contributed by atoms with van der Waals surface area (Å²) < 4.78 is 54.6. The van der Waals surface area contributed by atoms with Crippen LogP contribution in [0.2, 0.25) is 0 Å². The maximum absolute atomic E-state index is 16.4. The Labute approximate surface area is 306 Å². The molecule has 2 bridgehead atoms. The minimum absolute atomic E-state index is 0.00740. The van der Waals surface area contributed by atoms with E-state index in [0.29, 0.717) is 5.65 Å². The summed E-state index contributed by atoms with van der Waals surface area (Å²) in [5.74, 6) is 0.256. The van der Waals surface area contributed by atoms with Crippen LogP contribution in [0, 0.1) is 0 Å².